The third-order valence-corrected chi connectivity index (χ3v) is 2.43. The Hall–Kier alpha value is -2.24. The first-order valence-corrected chi connectivity index (χ1v) is 5.24. The minimum absolute atomic E-state index is 0.191. The average Bonchev–Trinajstić information content (AvgIpc) is 2.63. The zero-order valence-electron chi connectivity index (χ0n) is 9.87. The summed E-state index contributed by atoms with van der Waals surface area (Å²) in [6.45, 7) is 1.66. The monoisotopic (exact) mass is 251 g/mol. The summed E-state index contributed by atoms with van der Waals surface area (Å²) in [6.07, 6.45) is 1.52. The number of halogens is 2. The van der Waals surface area contributed by atoms with Gasteiger partial charge in [-0.3, -0.25) is 9.48 Å². The van der Waals surface area contributed by atoms with Gasteiger partial charge in [-0.2, -0.15) is 5.10 Å². The molecule has 2 aromatic rings. The fourth-order valence-corrected chi connectivity index (χ4v) is 1.61. The zero-order chi connectivity index (χ0) is 13.3. The molecule has 1 aromatic heterocycles. The predicted octanol–water partition coefficient (Wildman–Crippen LogP) is 2.26. The topological polar surface area (TPSA) is 46.9 Å². The number of anilines is 1. The Morgan fingerprint density at radius 3 is 2.72 bits per heavy atom. The van der Waals surface area contributed by atoms with E-state index in [2.05, 4.69) is 10.4 Å². The molecular weight excluding hydrogens is 240 g/mol. The van der Waals surface area contributed by atoms with Gasteiger partial charge >= 0.3 is 0 Å². The third kappa shape index (κ3) is 2.37. The van der Waals surface area contributed by atoms with Gasteiger partial charge in [-0.15, -0.1) is 0 Å². The molecule has 1 heterocycles. The van der Waals surface area contributed by atoms with E-state index in [1.54, 1.807) is 14.0 Å². The number of nitrogens with one attached hydrogen (secondary N) is 1. The van der Waals surface area contributed by atoms with Crippen molar-refractivity contribution in [3.63, 3.8) is 0 Å². The number of carbonyl (C=O) groups is 1. The van der Waals surface area contributed by atoms with E-state index in [1.807, 2.05) is 0 Å². The van der Waals surface area contributed by atoms with E-state index in [-0.39, 0.29) is 5.69 Å². The normalized spacial score (nSPS) is 10.4. The number of aryl methyl sites for hydroxylation is 2. The second-order valence-corrected chi connectivity index (χ2v) is 3.88. The van der Waals surface area contributed by atoms with E-state index >= 15 is 0 Å². The maximum absolute atomic E-state index is 13.3. The molecule has 0 aliphatic heterocycles. The Bertz CT molecular complexity index is 607. The number of carbonyl (C=O) groups excluding carboxylic acids is 1. The lowest BCUT2D eigenvalue weighted by Crippen LogP contribution is -2.13. The predicted molar refractivity (Wildman–Crippen MR) is 62.3 cm³/mol. The third-order valence-electron chi connectivity index (χ3n) is 2.43. The van der Waals surface area contributed by atoms with Crippen LogP contribution in [0.5, 0.6) is 0 Å². The van der Waals surface area contributed by atoms with Crippen molar-refractivity contribution in [2.75, 3.05) is 5.32 Å². The van der Waals surface area contributed by atoms with Gasteiger partial charge in [0.15, 0.2) is 0 Å². The highest BCUT2D eigenvalue weighted by atomic mass is 19.1. The number of rotatable bonds is 2. The summed E-state index contributed by atoms with van der Waals surface area (Å²) in [5.41, 5.74) is 0.649. The Kier molecular flexibility index (Phi) is 3.10. The van der Waals surface area contributed by atoms with Crippen LogP contribution in [0.1, 0.15) is 16.1 Å². The molecule has 0 aliphatic carbocycles. The van der Waals surface area contributed by atoms with Crippen LogP contribution in [-0.4, -0.2) is 15.7 Å². The van der Waals surface area contributed by atoms with Gasteiger partial charge in [0.25, 0.3) is 5.91 Å². The second kappa shape index (κ2) is 4.56. The highest BCUT2D eigenvalue weighted by molar-refractivity contribution is 6.04. The molecule has 94 valence electrons. The van der Waals surface area contributed by atoms with E-state index in [4.69, 9.17) is 0 Å². The minimum Gasteiger partial charge on any atom is -0.319 e. The lowest BCUT2D eigenvalue weighted by Gasteiger charge is -2.05. The number of amides is 1. The van der Waals surface area contributed by atoms with Crippen molar-refractivity contribution in [2.45, 2.75) is 6.92 Å². The molecule has 0 unspecified atom stereocenters. The van der Waals surface area contributed by atoms with Gasteiger partial charge in [-0.25, -0.2) is 8.78 Å². The van der Waals surface area contributed by atoms with Crippen molar-refractivity contribution in [3.05, 3.63) is 47.3 Å². The molecule has 1 aromatic carbocycles. The largest absolute Gasteiger partial charge is 0.319 e. The van der Waals surface area contributed by atoms with Crippen LogP contribution in [0.15, 0.2) is 24.4 Å². The first-order valence-electron chi connectivity index (χ1n) is 5.24. The van der Waals surface area contributed by atoms with Gasteiger partial charge < -0.3 is 5.32 Å². The molecular formula is C12H11F2N3O. The fourth-order valence-electron chi connectivity index (χ4n) is 1.61. The zero-order valence-corrected chi connectivity index (χ0v) is 9.87. The van der Waals surface area contributed by atoms with Gasteiger partial charge in [-0.1, -0.05) is 0 Å². The van der Waals surface area contributed by atoms with E-state index in [9.17, 15) is 13.6 Å². The molecule has 0 fully saturated rings. The van der Waals surface area contributed by atoms with Gasteiger partial charge in [0.05, 0.1) is 16.9 Å². The number of benzene rings is 1. The smallest absolute Gasteiger partial charge is 0.259 e. The molecule has 0 aliphatic rings. The van der Waals surface area contributed by atoms with Crippen LogP contribution in [0.2, 0.25) is 0 Å². The van der Waals surface area contributed by atoms with Crippen LogP contribution in [0.4, 0.5) is 14.5 Å². The van der Waals surface area contributed by atoms with Crippen LogP contribution in [0.3, 0.4) is 0 Å². The van der Waals surface area contributed by atoms with E-state index < -0.39 is 17.5 Å². The SMILES string of the molecule is Cc1nn(C)cc1C(=O)Nc1cc(F)ccc1F. The van der Waals surface area contributed by atoms with Crippen LogP contribution < -0.4 is 5.32 Å². The Morgan fingerprint density at radius 2 is 2.11 bits per heavy atom. The molecule has 4 nitrogen and oxygen atoms in total. The van der Waals surface area contributed by atoms with Crippen molar-refractivity contribution in [1.82, 2.24) is 9.78 Å². The Morgan fingerprint density at radius 1 is 1.39 bits per heavy atom. The minimum atomic E-state index is -0.689. The fraction of sp³-hybridized carbons (Fsp3) is 0.167. The molecule has 0 bridgehead atoms. The van der Waals surface area contributed by atoms with E-state index in [1.165, 1.54) is 10.9 Å². The van der Waals surface area contributed by atoms with Crippen molar-refractivity contribution < 1.29 is 13.6 Å². The molecule has 0 atom stereocenters. The molecule has 1 N–H and O–H groups in total. The first kappa shape index (κ1) is 12.2. The maximum atomic E-state index is 13.3. The summed E-state index contributed by atoms with van der Waals surface area (Å²) in [5, 5.41) is 6.32. The molecule has 0 saturated heterocycles. The summed E-state index contributed by atoms with van der Waals surface area (Å²) in [7, 11) is 1.67. The number of aromatic nitrogens is 2. The first-order chi connectivity index (χ1) is 8.47. The molecule has 1 amide bonds. The van der Waals surface area contributed by atoms with Crippen LogP contribution >= 0.6 is 0 Å². The van der Waals surface area contributed by atoms with Crippen molar-refractivity contribution in [1.29, 1.82) is 0 Å². The second-order valence-electron chi connectivity index (χ2n) is 3.88. The van der Waals surface area contributed by atoms with Crippen molar-refractivity contribution in [3.8, 4) is 0 Å². The van der Waals surface area contributed by atoms with Crippen LogP contribution in [0.25, 0.3) is 0 Å². The van der Waals surface area contributed by atoms with Gasteiger partial charge in [0, 0.05) is 19.3 Å². The van der Waals surface area contributed by atoms with Gasteiger partial charge in [0.2, 0.25) is 0 Å². The van der Waals surface area contributed by atoms with Gasteiger partial charge in [0.1, 0.15) is 11.6 Å². The molecule has 0 saturated carbocycles. The maximum Gasteiger partial charge on any atom is 0.259 e. The molecule has 6 heteroatoms. The number of hydrogen-bond donors (Lipinski definition) is 1. The Labute approximate surface area is 102 Å². The highest BCUT2D eigenvalue weighted by Gasteiger charge is 2.14. The van der Waals surface area contributed by atoms with Crippen LogP contribution in [0, 0.1) is 18.6 Å². The van der Waals surface area contributed by atoms with Crippen molar-refractivity contribution in [2.24, 2.45) is 7.05 Å². The summed E-state index contributed by atoms with van der Waals surface area (Å²) in [4.78, 5) is 11.9. The lowest BCUT2D eigenvalue weighted by atomic mass is 10.2. The van der Waals surface area contributed by atoms with Crippen molar-refractivity contribution >= 4 is 11.6 Å². The number of hydrogen-bond acceptors (Lipinski definition) is 2. The molecule has 0 radical (unpaired) electrons. The molecule has 18 heavy (non-hydrogen) atoms. The summed E-state index contributed by atoms with van der Waals surface area (Å²) < 4.78 is 27.8. The molecule has 0 spiro atoms. The lowest BCUT2D eigenvalue weighted by molar-refractivity contribution is 0.102. The summed E-state index contributed by atoms with van der Waals surface area (Å²) in [5.74, 6) is -1.83. The quantitative estimate of drug-likeness (QED) is 0.889. The average molecular weight is 251 g/mol. The van der Waals surface area contributed by atoms with E-state index in [0.717, 1.165) is 18.2 Å². The standard InChI is InChI=1S/C12H11F2N3O/c1-7-9(6-17(2)16-7)12(18)15-11-5-8(13)3-4-10(11)14/h3-6H,1-2H3,(H,15,18). The van der Waals surface area contributed by atoms with E-state index in [0.29, 0.717) is 11.3 Å². The van der Waals surface area contributed by atoms with Gasteiger partial charge in [-0.05, 0) is 19.1 Å². The molecule has 2 rings (SSSR count). The summed E-state index contributed by atoms with van der Waals surface area (Å²) in [6, 6.07) is 2.88. The van der Waals surface area contributed by atoms with Crippen LogP contribution in [-0.2, 0) is 7.05 Å². The Balaban J connectivity index is 2.26. The number of nitrogens with zero attached hydrogens (tertiary/aromatic N) is 2. The summed E-state index contributed by atoms with van der Waals surface area (Å²) >= 11 is 0. The highest BCUT2D eigenvalue weighted by Crippen LogP contribution is 2.17.